The molecular weight excluding hydrogens is 225 g/mol. The van der Waals surface area contributed by atoms with Crippen LogP contribution in [-0.2, 0) is 0 Å². The highest BCUT2D eigenvalue weighted by atomic mass is 19.1. The minimum absolute atomic E-state index is 0.0378. The van der Waals surface area contributed by atoms with Crippen molar-refractivity contribution >= 4 is 5.69 Å². The zero-order valence-corrected chi connectivity index (χ0v) is 9.98. The molecule has 0 spiro atoms. The molecule has 17 heavy (non-hydrogen) atoms. The minimum Gasteiger partial charge on any atom is -0.493 e. The Morgan fingerprint density at radius 2 is 2.24 bits per heavy atom. The summed E-state index contributed by atoms with van der Waals surface area (Å²) in [4.78, 5) is 10.2. The number of benzene rings is 1. The molecule has 1 rings (SSSR count). The first kappa shape index (κ1) is 13.4. The summed E-state index contributed by atoms with van der Waals surface area (Å²) in [5.74, 6) is 0.129. The molecule has 0 aromatic heterocycles. The Labute approximate surface area is 99.6 Å². The number of nitro benzene ring substituents is 1. The third kappa shape index (κ3) is 3.41. The maximum Gasteiger partial charge on any atom is 0.269 e. The van der Waals surface area contributed by atoms with Crippen LogP contribution in [0.1, 0.15) is 31.7 Å². The van der Waals surface area contributed by atoms with E-state index in [0.717, 1.165) is 6.42 Å². The number of nitro groups is 1. The largest absolute Gasteiger partial charge is 0.493 e. The van der Waals surface area contributed by atoms with Crippen LogP contribution >= 0.6 is 0 Å². The van der Waals surface area contributed by atoms with E-state index >= 15 is 0 Å². The van der Waals surface area contributed by atoms with Crippen LogP contribution in [0.15, 0.2) is 18.2 Å². The highest BCUT2D eigenvalue weighted by molar-refractivity contribution is 5.45. The minimum atomic E-state index is -0.566. The molecule has 0 bridgehead atoms. The second kappa shape index (κ2) is 6.18. The fraction of sp³-hybridized carbons (Fsp3) is 0.500. The highest BCUT2D eigenvalue weighted by Crippen LogP contribution is 2.30. The monoisotopic (exact) mass is 241 g/mol. The fourth-order valence-electron chi connectivity index (χ4n) is 1.46. The molecule has 0 aliphatic rings. The molecule has 1 aromatic rings. The Kier molecular flexibility index (Phi) is 4.87. The van der Waals surface area contributed by atoms with E-state index in [9.17, 15) is 14.5 Å². The summed E-state index contributed by atoms with van der Waals surface area (Å²) in [6, 6.07) is 4.30. The summed E-state index contributed by atoms with van der Waals surface area (Å²) < 4.78 is 18.1. The Balaban J connectivity index is 3.07. The van der Waals surface area contributed by atoms with E-state index in [4.69, 9.17) is 4.74 Å². The standard InChI is InChI=1S/C12H16FNO3/c1-3-6-17-12-5-4-10(14(15)16)7-11(12)9(2)8-13/h4-5,7,9H,3,6,8H2,1-2H3. The number of hydrogen-bond donors (Lipinski definition) is 0. The first-order valence-electron chi connectivity index (χ1n) is 5.57. The molecule has 0 saturated heterocycles. The van der Waals surface area contributed by atoms with Crippen molar-refractivity contribution in [1.29, 1.82) is 0 Å². The van der Waals surface area contributed by atoms with Gasteiger partial charge in [0, 0.05) is 23.6 Å². The summed E-state index contributed by atoms with van der Waals surface area (Å²) in [5, 5.41) is 10.7. The molecule has 4 nitrogen and oxygen atoms in total. The summed E-state index contributed by atoms with van der Waals surface area (Å²) >= 11 is 0. The van der Waals surface area contributed by atoms with Crippen molar-refractivity contribution in [3.05, 3.63) is 33.9 Å². The molecule has 0 aliphatic carbocycles. The van der Waals surface area contributed by atoms with Crippen molar-refractivity contribution in [2.45, 2.75) is 26.2 Å². The lowest BCUT2D eigenvalue weighted by Crippen LogP contribution is -2.04. The van der Waals surface area contributed by atoms with Crippen molar-refractivity contribution in [3.63, 3.8) is 0 Å². The zero-order chi connectivity index (χ0) is 12.8. The third-order valence-corrected chi connectivity index (χ3v) is 2.43. The lowest BCUT2D eigenvalue weighted by Gasteiger charge is -2.14. The van der Waals surface area contributed by atoms with Gasteiger partial charge in [0.25, 0.3) is 5.69 Å². The molecule has 0 aliphatic heterocycles. The average Bonchev–Trinajstić information content (AvgIpc) is 2.35. The molecular formula is C12H16FNO3. The van der Waals surface area contributed by atoms with Gasteiger partial charge >= 0.3 is 0 Å². The van der Waals surface area contributed by atoms with Crippen molar-refractivity contribution in [1.82, 2.24) is 0 Å². The van der Waals surface area contributed by atoms with Crippen molar-refractivity contribution in [3.8, 4) is 5.75 Å². The molecule has 1 atom stereocenters. The maximum atomic E-state index is 12.7. The molecule has 1 aromatic carbocycles. The van der Waals surface area contributed by atoms with Crippen LogP contribution in [0.2, 0.25) is 0 Å². The smallest absolute Gasteiger partial charge is 0.269 e. The number of alkyl halides is 1. The second-order valence-electron chi connectivity index (χ2n) is 3.88. The quantitative estimate of drug-likeness (QED) is 0.566. The predicted octanol–water partition coefficient (Wildman–Crippen LogP) is 3.46. The molecule has 94 valence electrons. The third-order valence-electron chi connectivity index (χ3n) is 2.43. The van der Waals surface area contributed by atoms with Gasteiger partial charge in [-0.1, -0.05) is 13.8 Å². The number of non-ortho nitro benzene ring substituents is 1. The molecule has 0 radical (unpaired) electrons. The number of halogens is 1. The number of nitrogens with zero attached hydrogens (tertiary/aromatic N) is 1. The van der Waals surface area contributed by atoms with E-state index < -0.39 is 17.5 Å². The fourth-order valence-corrected chi connectivity index (χ4v) is 1.46. The van der Waals surface area contributed by atoms with Crippen LogP contribution in [0.3, 0.4) is 0 Å². The van der Waals surface area contributed by atoms with Crippen LogP contribution in [0.25, 0.3) is 0 Å². The molecule has 5 heteroatoms. The van der Waals surface area contributed by atoms with E-state index in [1.54, 1.807) is 6.92 Å². The van der Waals surface area contributed by atoms with Gasteiger partial charge in [0.2, 0.25) is 0 Å². The van der Waals surface area contributed by atoms with Crippen LogP contribution in [0, 0.1) is 10.1 Å². The number of rotatable bonds is 6. The lowest BCUT2D eigenvalue weighted by molar-refractivity contribution is -0.385. The average molecular weight is 241 g/mol. The van der Waals surface area contributed by atoms with Crippen molar-refractivity contribution < 1.29 is 14.1 Å². The predicted molar refractivity (Wildman–Crippen MR) is 63.3 cm³/mol. The lowest BCUT2D eigenvalue weighted by atomic mass is 10.0. The van der Waals surface area contributed by atoms with Gasteiger partial charge < -0.3 is 4.74 Å². The second-order valence-corrected chi connectivity index (χ2v) is 3.88. The molecule has 1 unspecified atom stereocenters. The van der Waals surface area contributed by atoms with Gasteiger partial charge in [-0.25, -0.2) is 0 Å². The van der Waals surface area contributed by atoms with E-state index in [2.05, 4.69) is 0 Å². The van der Waals surface area contributed by atoms with E-state index in [1.807, 2.05) is 6.92 Å². The van der Waals surface area contributed by atoms with Gasteiger partial charge in [-0.2, -0.15) is 0 Å². The van der Waals surface area contributed by atoms with Crippen LogP contribution in [-0.4, -0.2) is 18.2 Å². The molecule has 0 N–H and O–H groups in total. The topological polar surface area (TPSA) is 52.4 Å². The van der Waals surface area contributed by atoms with Crippen LogP contribution in [0.5, 0.6) is 5.75 Å². The summed E-state index contributed by atoms with van der Waals surface area (Å²) in [7, 11) is 0. The molecule has 0 heterocycles. The molecule has 0 saturated carbocycles. The van der Waals surface area contributed by atoms with Gasteiger partial charge in [-0.05, 0) is 12.5 Å². The first-order valence-corrected chi connectivity index (χ1v) is 5.57. The maximum absolute atomic E-state index is 12.7. The Hall–Kier alpha value is -1.65. The van der Waals surface area contributed by atoms with E-state index in [0.29, 0.717) is 17.9 Å². The van der Waals surface area contributed by atoms with Gasteiger partial charge in [0.1, 0.15) is 5.75 Å². The summed E-state index contributed by atoms with van der Waals surface area (Å²) in [6.07, 6.45) is 0.834. The SMILES string of the molecule is CCCOc1ccc([N+](=O)[O-])cc1C(C)CF. The Morgan fingerprint density at radius 3 is 2.76 bits per heavy atom. The Bertz CT molecular complexity index is 395. The normalized spacial score (nSPS) is 12.2. The van der Waals surface area contributed by atoms with Gasteiger partial charge in [0.05, 0.1) is 18.2 Å². The van der Waals surface area contributed by atoms with Crippen molar-refractivity contribution in [2.75, 3.05) is 13.3 Å². The molecule has 0 amide bonds. The van der Waals surface area contributed by atoms with Crippen molar-refractivity contribution in [2.24, 2.45) is 0 Å². The highest BCUT2D eigenvalue weighted by Gasteiger charge is 2.16. The zero-order valence-electron chi connectivity index (χ0n) is 9.98. The Morgan fingerprint density at radius 1 is 1.53 bits per heavy atom. The summed E-state index contributed by atoms with van der Waals surface area (Å²) in [6.45, 7) is 3.59. The summed E-state index contributed by atoms with van der Waals surface area (Å²) in [5.41, 5.74) is 0.513. The first-order chi connectivity index (χ1) is 8.10. The number of ether oxygens (including phenoxy) is 1. The molecule has 0 fully saturated rings. The van der Waals surface area contributed by atoms with Gasteiger partial charge in [0.15, 0.2) is 0 Å². The van der Waals surface area contributed by atoms with E-state index in [1.165, 1.54) is 18.2 Å². The van der Waals surface area contributed by atoms with Crippen LogP contribution in [0.4, 0.5) is 10.1 Å². The van der Waals surface area contributed by atoms with Gasteiger partial charge in [-0.3, -0.25) is 14.5 Å². The van der Waals surface area contributed by atoms with E-state index in [-0.39, 0.29) is 5.69 Å². The van der Waals surface area contributed by atoms with Gasteiger partial charge in [-0.15, -0.1) is 0 Å². The number of hydrogen-bond acceptors (Lipinski definition) is 3. The van der Waals surface area contributed by atoms with Crippen LogP contribution < -0.4 is 4.74 Å².